The van der Waals surface area contributed by atoms with Crippen LogP contribution in [0.2, 0.25) is 0 Å². The van der Waals surface area contributed by atoms with Gasteiger partial charge in [0.2, 0.25) is 5.91 Å². The lowest BCUT2D eigenvalue weighted by Gasteiger charge is -2.31. The summed E-state index contributed by atoms with van der Waals surface area (Å²) in [5.74, 6) is 0.685. The molecule has 2 rings (SSSR count). The number of fused-ring (bicyclic) bond motifs is 1. The fourth-order valence-corrected chi connectivity index (χ4v) is 2.35. The lowest BCUT2D eigenvalue weighted by molar-refractivity contribution is -0.125. The molecule has 98 valence electrons. The van der Waals surface area contributed by atoms with E-state index in [9.17, 15) is 4.79 Å². The van der Waals surface area contributed by atoms with Crippen LogP contribution < -0.4 is 10.6 Å². The van der Waals surface area contributed by atoms with Crippen molar-refractivity contribution in [3.05, 3.63) is 29.8 Å². The summed E-state index contributed by atoms with van der Waals surface area (Å²) in [5, 5.41) is 6.45. The maximum absolute atomic E-state index is 12.2. The first kappa shape index (κ1) is 12.9. The summed E-state index contributed by atoms with van der Waals surface area (Å²) in [4.78, 5) is 12.2. The smallest absolute Gasteiger partial charge is 0.225 e. The number of hydrogen-bond donors (Lipinski definition) is 2. The molecule has 0 saturated heterocycles. The van der Waals surface area contributed by atoms with Crippen LogP contribution in [-0.2, 0) is 11.2 Å². The monoisotopic (exact) mass is 246 g/mol. The Morgan fingerprint density at radius 2 is 2.17 bits per heavy atom. The minimum absolute atomic E-state index is 0.0265. The number of carbonyl (C=O) groups excluding carboxylic acids is 1. The van der Waals surface area contributed by atoms with E-state index >= 15 is 0 Å². The zero-order valence-corrected chi connectivity index (χ0v) is 11.4. The molecule has 2 atom stereocenters. The molecule has 1 aliphatic rings. The molecule has 0 fully saturated rings. The molecule has 1 aromatic rings. The molecule has 2 unspecified atom stereocenters. The highest BCUT2D eigenvalue weighted by Crippen LogP contribution is 2.28. The Hall–Kier alpha value is -1.51. The summed E-state index contributed by atoms with van der Waals surface area (Å²) in [6.07, 6.45) is 0.828. The van der Waals surface area contributed by atoms with Crippen LogP contribution in [0.4, 0.5) is 5.69 Å². The molecule has 0 aliphatic carbocycles. The van der Waals surface area contributed by atoms with E-state index in [-0.39, 0.29) is 17.9 Å². The molecule has 1 heterocycles. The van der Waals surface area contributed by atoms with Crippen molar-refractivity contribution in [2.45, 2.75) is 33.2 Å². The number of hydrogen-bond acceptors (Lipinski definition) is 2. The highest BCUT2D eigenvalue weighted by molar-refractivity contribution is 5.81. The van der Waals surface area contributed by atoms with Crippen LogP contribution in [0.5, 0.6) is 0 Å². The molecule has 0 radical (unpaired) electrons. The van der Waals surface area contributed by atoms with Crippen LogP contribution in [0, 0.1) is 11.8 Å². The maximum Gasteiger partial charge on any atom is 0.225 e. The SMILES string of the molecule is CC(C)CNC(=O)C1Cc2ccccc2NC1C. The molecular weight excluding hydrogens is 224 g/mol. The van der Waals surface area contributed by atoms with Crippen molar-refractivity contribution in [2.24, 2.45) is 11.8 Å². The zero-order chi connectivity index (χ0) is 13.1. The normalized spacial score (nSPS) is 22.2. The highest BCUT2D eigenvalue weighted by atomic mass is 16.1. The van der Waals surface area contributed by atoms with Crippen molar-refractivity contribution in [1.29, 1.82) is 0 Å². The van der Waals surface area contributed by atoms with Crippen LogP contribution in [0.25, 0.3) is 0 Å². The Labute approximate surface area is 109 Å². The van der Waals surface area contributed by atoms with E-state index in [1.807, 2.05) is 12.1 Å². The van der Waals surface area contributed by atoms with Gasteiger partial charge in [-0.1, -0.05) is 32.0 Å². The van der Waals surface area contributed by atoms with E-state index in [4.69, 9.17) is 0 Å². The van der Waals surface area contributed by atoms with Gasteiger partial charge in [-0.15, -0.1) is 0 Å². The Kier molecular flexibility index (Phi) is 3.90. The number of benzene rings is 1. The summed E-state index contributed by atoms with van der Waals surface area (Å²) in [7, 11) is 0. The summed E-state index contributed by atoms with van der Waals surface area (Å²) < 4.78 is 0. The number of carbonyl (C=O) groups is 1. The predicted octanol–water partition coefficient (Wildman–Crippen LogP) is 2.43. The van der Waals surface area contributed by atoms with Crippen LogP contribution in [0.3, 0.4) is 0 Å². The lowest BCUT2D eigenvalue weighted by Crippen LogP contribution is -2.44. The van der Waals surface area contributed by atoms with Crippen molar-refractivity contribution in [2.75, 3.05) is 11.9 Å². The van der Waals surface area contributed by atoms with E-state index < -0.39 is 0 Å². The van der Waals surface area contributed by atoms with Gasteiger partial charge in [0.1, 0.15) is 0 Å². The third kappa shape index (κ3) is 2.84. The van der Waals surface area contributed by atoms with Gasteiger partial charge in [-0.2, -0.15) is 0 Å². The highest BCUT2D eigenvalue weighted by Gasteiger charge is 2.30. The standard InChI is InChI=1S/C15H22N2O/c1-10(2)9-16-15(18)13-8-12-6-4-5-7-14(12)17-11(13)3/h4-7,10-11,13,17H,8-9H2,1-3H3,(H,16,18). The molecule has 1 amide bonds. The summed E-state index contributed by atoms with van der Waals surface area (Å²) in [6, 6.07) is 8.41. The van der Waals surface area contributed by atoms with Crippen LogP contribution >= 0.6 is 0 Å². The van der Waals surface area contributed by atoms with E-state index in [1.54, 1.807) is 0 Å². The average Bonchev–Trinajstić information content (AvgIpc) is 2.35. The quantitative estimate of drug-likeness (QED) is 0.860. The van der Waals surface area contributed by atoms with Gasteiger partial charge >= 0.3 is 0 Å². The first-order valence-electron chi connectivity index (χ1n) is 6.70. The molecule has 18 heavy (non-hydrogen) atoms. The molecule has 0 bridgehead atoms. The minimum atomic E-state index is 0.0265. The Bertz CT molecular complexity index is 428. The van der Waals surface area contributed by atoms with Gasteiger partial charge in [0.25, 0.3) is 0 Å². The second-order valence-corrected chi connectivity index (χ2v) is 5.54. The molecule has 2 N–H and O–H groups in total. The van der Waals surface area contributed by atoms with E-state index in [0.717, 1.165) is 18.7 Å². The molecule has 3 heteroatoms. The number of para-hydroxylation sites is 1. The second-order valence-electron chi connectivity index (χ2n) is 5.54. The summed E-state index contributed by atoms with van der Waals surface area (Å²) in [5.41, 5.74) is 2.40. The van der Waals surface area contributed by atoms with Gasteiger partial charge in [-0.3, -0.25) is 4.79 Å². The first-order chi connectivity index (χ1) is 8.58. The Morgan fingerprint density at radius 3 is 2.89 bits per heavy atom. The van der Waals surface area contributed by atoms with Crippen LogP contribution in [-0.4, -0.2) is 18.5 Å². The van der Waals surface area contributed by atoms with E-state index in [0.29, 0.717) is 5.92 Å². The molecule has 0 saturated carbocycles. The molecule has 1 aliphatic heterocycles. The predicted molar refractivity (Wildman–Crippen MR) is 74.6 cm³/mol. The fourth-order valence-electron chi connectivity index (χ4n) is 2.35. The summed E-state index contributed by atoms with van der Waals surface area (Å²) in [6.45, 7) is 7.05. The Balaban J connectivity index is 2.05. The molecular formula is C15H22N2O. The van der Waals surface area contributed by atoms with Gasteiger partial charge in [0.05, 0.1) is 5.92 Å². The number of nitrogens with one attached hydrogen (secondary N) is 2. The average molecular weight is 246 g/mol. The number of rotatable bonds is 3. The first-order valence-corrected chi connectivity index (χ1v) is 6.70. The van der Waals surface area contributed by atoms with Gasteiger partial charge in [0, 0.05) is 18.3 Å². The zero-order valence-electron chi connectivity index (χ0n) is 11.4. The van der Waals surface area contributed by atoms with Crippen molar-refractivity contribution in [3.8, 4) is 0 Å². The Morgan fingerprint density at radius 1 is 1.44 bits per heavy atom. The van der Waals surface area contributed by atoms with Gasteiger partial charge in [-0.05, 0) is 30.9 Å². The van der Waals surface area contributed by atoms with Crippen LogP contribution in [0.15, 0.2) is 24.3 Å². The van der Waals surface area contributed by atoms with Crippen molar-refractivity contribution >= 4 is 11.6 Å². The molecule has 0 aromatic heterocycles. The largest absolute Gasteiger partial charge is 0.382 e. The maximum atomic E-state index is 12.2. The molecule has 3 nitrogen and oxygen atoms in total. The minimum Gasteiger partial charge on any atom is -0.382 e. The summed E-state index contributed by atoms with van der Waals surface area (Å²) >= 11 is 0. The van der Waals surface area contributed by atoms with Crippen molar-refractivity contribution in [1.82, 2.24) is 5.32 Å². The van der Waals surface area contributed by atoms with Crippen molar-refractivity contribution in [3.63, 3.8) is 0 Å². The third-order valence-corrected chi connectivity index (χ3v) is 3.47. The van der Waals surface area contributed by atoms with E-state index in [2.05, 4.69) is 43.5 Å². The van der Waals surface area contributed by atoms with Crippen LogP contribution in [0.1, 0.15) is 26.3 Å². The van der Waals surface area contributed by atoms with Gasteiger partial charge < -0.3 is 10.6 Å². The molecule has 1 aromatic carbocycles. The second kappa shape index (κ2) is 5.42. The number of anilines is 1. The van der Waals surface area contributed by atoms with Gasteiger partial charge in [-0.25, -0.2) is 0 Å². The number of amides is 1. The fraction of sp³-hybridized carbons (Fsp3) is 0.533. The molecule has 0 spiro atoms. The van der Waals surface area contributed by atoms with Crippen molar-refractivity contribution < 1.29 is 4.79 Å². The third-order valence-electron chi connectivity index (χ3n) is 3.47. The lowest BCUT2D eigenvalue weighted by atomic mass is 9.87. The topological polar surface area (TPSA) is 41.1 Å². The van der Waals surface area contributed by atoms with E-state index in [1.165, 1.54) is 5.56 Å². The van der Waals surface area contributed by atoms with Gasteiger partial charge in [0.15, 0.2) is 0 Å².